The van der Waals surface area contributed by atoms with Gasteiger partial charge in [-0.15, -0.1) is 0 Å². The van der Waals surface area contributed by atoms with Crippen LogP contribution in [-0.4, -0.2) is 56.2 Å². The molecule has 0 aromatic heterocycles. The number of carbonyl (C=O) groups is 1. The van der Waals surface area contributed by atoms with Gasteiger partial charge in [-0.2, -0.15) is 0 Å². The quantitative estimate of drug-likeness (QED) is 0.488. The molecule has 1 aromatic rings. The highest BCUT2D eigenvalue weighted by atomic mass is 16.5. The summed E-state index contributed by atoms with van der Waals surface area (Å²) in [6.07, 6.45) is 8.80. The number of likely N-dealkylation sites (tertiary alicyclic amines) is 1. The third kappa shape index (κ3) is 6.52. The van der Waals surface area contributed by atoms with Gasteiger partial charge < -0.3 is 25.0 Å². The molecule has 1 aliphatic carbocycles. The molecule has 3 rings (SSSR count). The molecule has 1 saturated carbocycles. The molecule has 1 unspecified atom stereocenters. The molecule has 7 heteroatoms. The molecule has 1 aromatic carbocycles. The van der Waals surface area contributed by atoms with Crippen molar-refractivity contribution < 1.29 is 14.3 Å². The first-order chi connectivity index (χ1) is 15.1. The first-order valence-electron chi connectivity index (χ1n) is 11.7. The predicted molar refractivity (Wildman–Crippen MR) is 124 cm³/mol. The van der Waals surface area contributed by atoms with Gasteiger partial charge in [-0.05, 0) is 57.9 Å². The number of ether oxygens (including phenoxy) is 2. The fourth-order valence-corrected chi connectivity index (χ4v) is 4.47. The van der Waals surface area contributed by atoms with E-state index in [2.05, 4.69) is 22.5 Å². The van der Waals surface area contributed by atoms with E-state index in [4.69, 9.17) is 9.47 Å². The van der Waals surface area contributed by atoms with Gasteiger partial charge in [-0.25, -0.2) is 0 Å². The molecule has 1 amide bonds. The summed E-state index contributed by atoms with van der Waals surface area (Å²) in [6, 6.07) is 6.32. The van der Waals surface area contributed by atoms with E-state index in [-0.39, 0.29) is 12.0 Å². The maximum absolute atomic E-state index is 12.5. The number of nitrogens with one attached hydrogen (secondary N) is 2. The summed E-state index contributed by atoms with van der Waals surface area (Å²) in [5.41, 5.74) is 1.03. The maximum atomic E-state index is 12.5. The molecule has 0 radical (unpaired) electrons. The SMILES string of the molecule is CN=C(NCCC(=O)N1CCCCC1C)NCc1cccc(OC)c1OC1CCCC1. The fourth-order valence-electron chi connectivity index (χ4n) is 4.47. The van der Waals surface area contributed by atoms with Crippen LogP contribution in [0.5, 0.6) is 11.5 Å². The number of para-hydroxylation sites is 1. The summed E-state index contributed by atoms with van der Waals surface area (Å²) in [7, 11) is 3.42. The van der Waals surface area contributed by atoms with E-state index in [9.17, 15) is 4.79 Å². The standard InChI is InChI=1S/C24H38N4O3/c1-18-9-6-7-16-28(18)22(29)14-15-26-24(25-2)27-17-19-10-8-13-21(30-3)23(19)31-20-11-4-5-12-20/h8,10,13,18,20H,4-7,9,11-12,14-17H2,1-3H3,(H2,25,26,27). The summed E-state index contributed by atoms with van der Waals surface area (Å²) in [6.45, 7) is 4.15. The van der Waals surface area contributed by atoms with Crippen molar-refractivity contribution >= 4 is 11.9 Å². The molecule has 2 aliphatic rings. The van der Waals surface area contributed by atoms with Crippen molar-refractivity contribution in [1.82, 2.24) is 15.5 Å². The van der Waals surface area contributed by atoms with Gasteiger partial charge in [-0.3, -0.25) is 9.79 Å². The zero-order valence-electron chi connectivity index (χ0n) is 19.3. The number of amides is 1. The van der Waals surface area contributed by atoms with Gasteiger partial charge in [0.1, 0.15) is 0 Å². The lowest BCUT2D eigenvalue weighted by molar-refractivity contribution is -0.134. The Hall–Kier alpha value is -2.44. The van der Waals surface area contributed by atoms with E-state index in [1.54, 1.807) is 14.2 Å². The second-order valence-corrected chi connectivity index (χ2v) is 8.51. The number of rotatable bonds is 8. The van der Waals surface area contributed by atoms with Crippen LogP contribution in [0.15, 0.2) is 23.2 Å². The Balaban J connectivity index is 1.51. The number of guanidine groups is 1. The summed E-state index contributed by atoms with van der Waals surface area (Å²) in [5.74, 6) is 2.47. The van der Waals surface area contributed by atoms with Gasteiger partial charge in [0.05, 0.1) is 13.2 Å². The Bertz CT molecular complexity index is 746. The summed E-state index contributed by atoms with van der Waals surface area (Å²) >= 11 is 0. The van der Waals surface area contributed by atoms with Crippen LogP contribution in [0.3, 0.4) is 0 Å². The number of methoxy groups -OCH3 is 1. The number of piperidine rings is 1. The number of nitrogens with zero attached hydrogens (tertiary/aromatic N) is 2. The Morgan fingerprint density at radius 2 is 1.94 bits per heavy atom. The maximum Gasteiger partial charge on any atom is 0.224 e. The number of aliphatic imine (C=N–C) groups is 1. The first-order valence-corrected chi connectivity index (χ1v) is 11.7. The van der Waals surface area contributed by atoms with Crippen LogP contribution >= 0.6 is 0 Å². The van der Waals surface area contributed by atoms with E-state index in [0.717, 1.165) is 49.3 Å². The average molecular weight is 431 g/mol. The summed E-state index contributed by atoms with van der Waals surface area (Å²) < 4.78 is 11.9. The third-order valence-corrected chi connectivity index (χ3v) is 6.29. The summed E-state index contributed by atoms with van der Waals surface area (Å²) in [5, 5.41) is 6.61. The summed E-state index contributed by atoms with van der Waals surface area (Å²) in [4.78, 5) is 18.9. The highest BCUT2D eigenvalue weighted by Crippen LogP contribution is 2.34. The van der Waals surface area contributed by atoms with Crippen LogP contribution in [0.4, 0.5) is 0 Å². The zero-order valence-corrected chi connectivity index (χ0v) is 19.3. The van der Waals surface area contributed by atoms with Crippen LogP contribution in [0.2, 0.25) is 0 Å². The van der Waals surface area contributed by atoms with E-state index in [0.29, 0.717) is 31.5 Å². The van der Waals surface area contributed by atoms with Crippen molar-refractivity contribution in [3.05, 3.63) is 23.8 Å². The predicted octanol–water partition coefficient (Wildman–Crippen LogP) is 3.47. The van der Waals surface area contributed by atoms with Crippen molar-refractivity contribution in [3.8, 4) is 11.5 Å². The van der Waals surface area contributed by atoms with E-state index < -0.39 is 0 Å². The Morgan fingerprint density at radius 3 is 2.65 bits per heavy atom. The molecule has 172 valence electrons. The average Bonchev–Trinajstić information content (AvgIpc) is 3.30. The zero-order chi connectivity index (χ0) is 22.1. The normalized spacial score (nSPS) is 19.9. The van der Waals surface area contributed by atoms with Gasteiger partial charge >= 0.3 is 0 Å². The molecular weight excluding hydrogens is 392 g/mol. The number of benzene rings is 1. The van der Waals surface area contributed by atoms with Crippen molar-refractivity contribution in [2.24, 2.45) is 4.99 Å². The molecule has 31 heavy (non-hydrogen) atoms. The highest BCUT2D eigenvalue weighted by molar-refractivity contribution is 5.81. The molecule has 7 nitrogen and oxygen atoms in total. The Morgan fingerprint density at radius 1 is 1.16 bits per heavy atom. The smallest absolute Gasteiger partial charge is 0.224 e. The minimum atomic E-state index is 0.218. The van der Waals surface area contributed by atoms with Crippen molar-refractivity contribution in [1.29, 1.82) is 0 Å². The van der Waals surface area contributed by atoms with E-state index >= 15 is 0 Å². The second kappa shape index (κ2) is 11.8. The van der Waals surface area contributed by atoms with Gasteiger partial charge in [0.2, 0.25) is 5.91 Å². The topological polar surface area (TPSA) is 75.2 Å². The van der Waals surface area contributed by atoms with Gasteiger partial charge in [0, 0.05) is 44.7 Å². The Kier molecular flexibility index (Phi) is 8.85. The lowest BCUT2D eigenvalue weighted by atomic mass is 10.0. The van der Waals surface area contributed by atoms with Crippen molar-refractivity contribution in [2.45, 2.75) is 77.0 Å². The molecule has 1 heterocycles. The Labute approximate surface area is 186 Å². The highest BCUT2D eigenvalue weighted by Gasteiger charge is 2.23. The van der Waals surface area contributed by atoms with E-state index in [1.807, 2.05) is 23.1 Å². The van der Waals surface area contributed by atoms with Crippen molar-refractivity contribution in [2.75, 3.05) is 27.2 Å². The number of carbonyl (C=O) groups excluding carboxylic acids is 1. The molecular formula is C24H38N4O3. The van der Waals surface area contributed by atoms with Crippen LogP contribution in [0.25, 0.3) is 0 Å². The van der Waals surface area contributed by atoms with Crippen LogP contribution in [-0.2, 0) is 11.3 Å². The minimum absolute atomic E-state index is 0.218. The molecule has 2 fully saturated rings. The van der Waals surface area contributed by atoms with Crippen molar-refractivity contribution in [3.63, 3.8) is 0 Å². The lowest BCUT2D eigenvalue weighted by Crippen LogP contribution is -2.44. The van der Waals surface area contributed by atoms with E-state index in [1.165, 1.54) is 19.3 Å². The van der Waals surface area contributed by atoms with Crippen LogP contribution in [0.1, 0.15) is 63.9 Å². The van der Waals surface area contributed by atoms with Gasteiger partial charge in [0.15, 0.2) is 17.5 Å². The molecule has 1 atom stereocenters. The largest absolute Gasteiger partial charge is 0.493 e. The lowest BCUT2D eigenvalue weighted by Gasteiger charge is -2.33. The molecule has 1 aliphatic heterocycles. The van der Waals surface area contributed by atoms with Crippen LogP contribution in [0, 0.1) is 0 Å². The molecule has 0 bridgehead atoms. The number of hydrogen-bond acceptors (Lipinski definition) is 4. The fraction of sp³-hybridized carbons (Fsp3) is 0.667. The third-order valence-electron chi connectivity index (χ3n) is 6.29. The second-order valence-electron chi connectivity index (χ2n) is 8.51. The molecule has 1 saturated heterocycles. The van der Waals surface area contributed by atoms with Crippen LogP contribution < -0.4 is 20.1 Å². The molecule has 0 spiro atoms. The van der Waals surface area contributed by atoms with Gasteiger partial charge in [-0.1, -0.05) is 12.1 Å². The van der Waals surface area contributed by atoms with Gasteiger partial charge in [0.25, 0.3) is 0 Å². The monoisotopic (exact) mass is 430 g/mol. The minimum Gasteiger partial charge on any atom is -0.493 e. The number of hydrogen-bond donors (Lipinski definition) is 2. The molecule has 2 N–H and O–H groups in total. The first kappa shape index (κ1) is 23.2.